The van der Waals surface area contributed by atoms with Gasteiger partial charge in [0.2, 0.25) is 0 Å². The van der Waals surface area contributed by atoms with Gasteiger partial charge in [0.25, 0.3) is 0 Å². The summed E-state index contributed by atoms with van der Waals surface area (Å²) in [5, 5.41) is 46.6. The number of carbonyl (C=O) groups is 3. The number of aliphatic hydroxyl groups excluding tert-OH is 2. The molecule has 0 aromatic rings. The molecule has 0 spiro atoms. The van der Waals surface area contributed by atoms with Crippen molar-refractivity contribution in [1.82, 2.24) is 4.90 Å². The molecular formula is C40H71NO14. The maximum atomic E-state index is 14.2. The Bertz CT molecular complexity index is 1290. The SMILES string of the molecule is CCC(=O)O[C@H]1[C@H](OC2[C@@H](C)[C@H](O[C@H]3C[C@@](C)(OC)[C@@H](O)[C@H](C)O3)[C@@H](C)C(=O)O[C@H](CC)[C@@](C)(O)[C@H](O)[C@@H](C)C(=O)[C@H](C)C[C@@]2(C)O)O[C@H](C)C[C@@H]1N(C)C. The first-order valence-electron chi connectivity index (χ1n) is 19.9. The Balaban J connectivity index is 2.24. The third-order valence-corrected chi connectivity index (χ3v) is 12.4. The first kappa shape index (κ1) is 47.6. The van der Waals surface area contributed by atoms with Crippen LogP contribution in [0, 0.1) is 23.7 Å². The van der Waals surface area contributed by atoms with Crippen LogP contribution in [0.4, 0.5) is 0 Å². The van der Waals surface area contributed by atoms with Gasteiger partial charge < -0.3 is 58.5 Å². The molecule has 0 saturated carbocycles. The molecule has 0 aromatic heterocycles. The quantitative estimate of drug-likeness (QED) is 0.249. The molecule has 320 valence electrons. The lowest BCUT2D eigenvalue weighted by Gasteiger charge is -2.49. The lowest BCUT2D eigenvalue weighted by Crippen LogP contribution is -2.61. The smallest absolute Gasteiger partial charge is 0.311 e. The van der Waals surface area contributed by atoms with E-state index in [9.17, 15) is 34.8 Å². The maximum absolute atomic E-state index is 14.2. The monoisotopic (exact) mass is 789 g/mol. The summed E-state index contributed by atoms with van der Waals surface area (Å²) < 4.78 is 43.6. The van der Waals surface area contributed by atoms with Gasteiger partial charge in [-0.2, -0.15) is 0 Å². The molecule has 3 aliphatic rings. The van der Waals surface area contributed by atoms with Crippen LogP contribution in [0.2, 0.25) is 0 Å². The first-order valence-corrected chi connectivity index (χ1v) is 19.9. The zero-order valence-electron chi connectivity index (χ0n) is 35.5. The molecule has 1 unspecified atom stereocenters. The van der Waals surface area contributed by atoms with E-state index in [1.807, 2.05) is 25.9 Å². The second kappa shape index (κ2) is 18.9. The molecule has 3 heterocycles. The minimum Gasteiger partial charge on any atom is -0.459 e. The fourth-order valence-corrected chi connectivity index (χ4v) is 8.76. The second-order valence-electron chi connectivity index (χ2n) is 17.3. The molecule has 55 heavy (non-hydrogen) atoms. The van der Waals surface area contributed by atoms with E-state index < -0.39 is 114 Å². The van der Waals surface area contributed by atoms with Crippen LogP contribution in [0.1, 0.15) is 108 Å². The molecule has 15 nitrogen and oxygen atoms in total. The predicted molar refractivity (Wildman–Crippen MR) is 200 cm³/mol. The van der Waals surface area contributed by atoms with Crippen molar-refractivity contribution in [3.05, 3.63) is 0 Å². The van der Waals surface area contributed by atoms with Gasteiger partial charge in [-0.25, -0.2) is 0 Å². The number of ether oxygens (including phenoxy) is 7. The number of esters is 2. The molecule has 0 aromatic carbocycles. The standard InChI is InChI=1S/C40H71NO14/c1-15-27-40(11,48)33(44)22(5)30(43)20(3)18-38(9,47)35(55-37-32(53-28(42)16-2)26(41(12)13)17-21(4)50-37)23(6)31(24(7)36(46)52-27)54-29-19-39(10,49-14)34(45)25(8)51-29/h20-27,29,31-35,37,44-45,47-48H,15-19H2,1-14H3/t20-,21-,22+,23+,24-,25+,26+,27-,29+,31+,32-,33-,34+,35?,37+,38-,39-,40-/m1/s1. The summed E-state index contributed by atoms with van der Waals surface area (Å²) in [4.78, 5) is 42.9. The van der Waals surface area contributed by atoms with Crippen LogP contribution in [0.25, 0.3) is 0 Å². The van der Waals surface area contributed by atoms with E-state index in [0.29, 0.717) is 6.42 Å². The van der Waals surface area contributed by atoms with Gasteiger partial charge in [0.15, 0.2) is 18.7 Å². The largest absolute Gasteiger partial charge is 0.459 e. The summed E-state index contributed by atoms with van der Waals surface area (Å²) in [6, 6.07) is -0.319. The zero-order chi connectivity index (χ0) is 42.0. The van der Waals surface area contributed by atoms with Crippen molar-refractivity contribution in [2.45, 2.75) is 193 Å². The van der Waals surface area contributed by atoms with E-state index in [2.05, 4.69) is 0 Å². The molecule has 3 saturated heterocycles. The molecule has 4 N–H and O–H groups in total. The number of nitrogens with zero attached hydrogens (tertiary/aromatic N) is 1. The fourth-order valence-electron chi connectivity index (χ4n) is 8.76. The summed E-state index contributed by atoms with van der Waals surface area (Å²) in [7, 11) is 5.21. The topological polar surface area (TPSA) is 200 Å². The van der Waals surface area contributed by atoms with E-state index in [4.69, 9.17) is 33.2 Å². The third kappa shape index (κ3) is 10.6. The number of methoxy groups -OCH3 is 1. The number of Topliss-reactive ketones (excluding diaryl/α,β-unsaturated/α-hetero) is 1. The number of cyclic esters (lactones) is 1. The molecule has 3 rings (SSSR count). The summed E-state index contributed by atoms with van der Waals surface area (Å²) in [6.07, 6.45) is -9.68. The average Bonchev–Trinajstić information content (AvgIpc) is 3.11. The highest BCUT2D eigenvalue weighted by molar-refractivity contribution is 5.83. The van der Waals surface area contributed by atoms with Crippen molar-refractivity contribution in [2.75, 3.05) is 21.2 Å². The summed E-state index contributed by atoms with van der Waals surface area (Å²) in [5.74, 6) is -5.59. The van der Waals surface area contributed by atoms with Crippen LogP contribution in [-0.4, -0.2) is 149 Å². The highest BCUT2D eigenvalue weighted by Crippen LogP contribution is 2.41. The van der Waals surface area contributed by atoms with Crippen molar-refractivity contribution < 1.29 is 68.0 Å². The van der Waals surface area contributed by atoms with Gasteiger partial charge in [-0.15, -0.1) is 0 Å². The van der Waals surface area contributed by atoms with Crippen molar-refractivity contribution in [1.29, 1.82) is 0 Å². The van der Waals surface area contributed by atoms with Crippen molar-refractivity contribution in [2.24, 2.45) is 23.7 Å². The highest BCUT2D eigenvalue weighted by atomic mass is 16.7. The van der Waals surface area contributed by atoms with Crippen LogP contribution in [0.15, 0.2) is 0 Å². The molecule has 3 aliphatic heterocycles. The summed E-state index contributed by atoms with van der Waals surface area (Å²) in [5.41, 5.74) is -4.92. The van der Waals surface area contributed by atoms with Crippen molar-refractivity contribution in [3.8, 4) is 0 Å². The Morgan fingerprint density at radius 2 is 1.51 bits per heavy atom. The summed E-state index contributed by atoms with van der Waals surface area (Å²) in [6.45, 7) is 18.0. The normalized spacial score (nSPS) is 46.9. The summed E-state index contributed by atoms with van der Waals surface area (Å²) >= 11 is 0. The fraction of sp³-hybridized carbons (Fsp3) is 0.925. The molecular weight excluding hydrogens is 718 g/mol. The molecule has 15 heteroatoms. The Morgan fingerprint density at radius 3 is 2.05 bits per heavy atom. The van der Waals surface area contributed by atoms with Crippen LogP contribution < -0.4 is 0 Å². The van der Waals surface area contributed by atoms with Crippen LogP contribution in [-0.2, 0) is 47.5 Å². The Hall–Kier alpha value is -1.79. The third-order valence-electron chi connectivity index (χ3n) is 12.4. The van der Waals surface area contributed by atoms with E-state index in [1.54, 1.807) is 48.5 Å². The van der Waals surface area contributed by atoms with Crippen LogP contribution in [0.5, 0.6) is 0 Å². The zero-order valence-corrected chi connectivity index (χ0v) is 35.5. The number of ketones is 1. The van der Waals surface area contributed by atoms with E-state index in [1.165, 1.54) is 27.9 Å². The average molecular weight is 790 g/mol. The molecule has 0 aliphatic carbocycles. The molecule has 0 bridgehead atoms. The first-order chi connectivity index (χ1) is 25.4. The molecule has 0 radical (unpaired) electrons. The minimum atomic E-state index is -2.01. The maximum Gasteiger partial charge on any atom is 0.311 e. The lowest BCUT2D eigenvalue weighted by atomic mass is 9.74. The van der Waals surface area contributed by atoms with Crippen LogP contribution in [0.3, 0.4) is 0 Å². The highest BCUT2D eigenvalue weighted by Gasteiger charge is 2.54. The number of hydrogen-bond donors (Lipinski definition) is 4. The number of hydrogen-bond acceptors (Lipinski definition) is 15. The number of aliphatic hydroxyl groups is 4. The Kier molecular flexibility index (Phi) is 16.3. The number of likely N-dealkylation sites (N-methyl/N-ethyl adjacent to an activating group) is 1. The second-order valence-corrected chi connectivity index (χ2v) is 17.3. The molecule has 18 atom stereocenters. The van der Waals surface area contributed by atoms with Gasteiger partial charge >= 0.3 is 11.9 Å². The minimum absolute atomic E-state index is 0.0760. The predicted octanol–water partition coefficient (Wildman–Crippen LogP) is 2.75. The Morgan fingerprint density at radius 1 is 0.891 bits per heavy atom. The van der Waals surface area contributed by atoms with Gasteiger partial charge in [0.05, 0.1) is 53.7 Å². The van der Waals surface area contributed by atoms with E-state index in [0.717, 1.165) is 0 Å². The van der Waals surface area contributed by atoms with Gasteiger partial charge in [0, 0.05) is 37.7 Å². The lowest BCUT2D eigenvalue weighted by molar-refractivity contribution is -0.319. The van der Waals surface area contributed by atoms with Crippen molar-refractivity contribution in [3.63, 3.8) is 0 Å². The molecule has 0 amide bonds. The number of rotatable bonds is 9. The number of carbonyl (C=O) groups excluding carboxylic acids is 3. The van der Waals surface area contributed by atoms with Crippen LogP contribution >= 0.6 is 0 Å². The van der Waals surface area contributed by atoms with Crippen molar-refractivity contribution >= 4 is 17.7 Å². The van der Waals surface area contributed by atoms with E-state index >= 15 is 0 Å². The van der Waals surface area contributed by atoms with Gasteiger partial charge in [-0.1, -0.05) is 34.6 Å². The van der Waals surface area contributed by atoms with Gasteiger partial charge in [0.1, 0.15) is 23.6 Å². The molecule has 3 fully saturated rings. The Labute approximate surface area is 327 Å². The van der Waals surface area contributed by atoms with E-state index in [-0.39, 0.29) is 37.8 Å². The van der Waals surface area contributed by atoms with Gasteiger partial charge in [-0.3, -0.25) is 14.4 Å². The van der Waals surface area contributed by atoms with Gasteiger partial charge in [-0.05, 0) is 74.9 Å².